The predicted octanol–water partition coefficient (Wildman–Crippen LogP) is 2.20. The van der Waals surface area contributed by atoms with Crippen molar-refractivity contribution in [2.75, 3.05) is 26.2 Å². The van der Waals surface area contributed by atoms with Gasteiger partial charge in [-0.25, -0.2) is 0 Å². The molecule has 3 aliphatic heterocycles. The number of hydrogen-bond donors (Lipinski definition) is 1. The molecule has 108 valence electrons. The fourth-order valence-electron chi connectivity index (χ4n) is 4.03. The summed E-state index contributed by atoms with van der Waals surface area (Å²) in [7, 11) is 0. The molecular formula is C17H24N2O. The highest BCUT2D eigenvalue weighted by Gasteiger charge is 2.30. The molecule has 1 aromatic rings. The molecule has 0 saturated carbocycles. The number of piperidine rings is 2. The van der Waals surface area contributed by atoms with Gasteiger partial charge in [-0.05, 0) is 55.5 Å². The molecule has 4 rings (SSSR count). The minimum Gasteiger partial charge on any atom is -0.493 e. The van der Waals surface area contributed by atoms with Crippen LogP contribution < -0.4 is 10.1 Å². The Morgan fingerprint density at radius 1 is 1.30 bits per heavy atom. The smallest absolute Gasteiger partial charge is 0.122 e. The lowest BCUT2D eigenvalue weighted by Crippen LogP contribution is -2.51. The zero-order chi connectivity index (χ0) is 13.4. The van der Waals surface area contributed by atoms with Crippen molar-refractivity contribution in [2.45, 2.75) is 38.3 Å². The fraction of sp³-hybridized carbons (Fsp3) is 0.647. The molecule has 0 radical (unpaired) electrons. The Morgan fingerprint density at radius 2 is 2.30 bits per heavy atom. The summed E-state index contributed by atoms with van der Waals surface area (Å²) < 4.78 is 5.69. The summed E-state index contributed by atoms with van der Waals surface area (Å²) >= 11 is 0. The lowest BCUT2D eigenvalue weighted by Gasteiger charge is -2.41. The van der Waals surface area contributed by atoms with Gasteiger partial charge in [0.1, 0.15) is 5.75 Å². The van der Waals surface area contributed by atoms with Crippen LogP contribution >= 0.6 is 0 Å². The first-order valence-electron chi connectivity index (χ1n) is 8.09. The third-order valence-corrected chi connectivity index (χ3v) is 5.14. The third kappa shape index (κ3) is 2.45. The molecule has 0 bridgehead atoms. The van der Waals surface area contributed by atoms with Crippen LogP contribution in [0.25, 0.3) is 0 Å². The number of benzene rings is 1. The van der Waals surface area contributed by atoms with Crippen molar-refractivity contribution in [3.05, 3.63) is 29.3 Å². The van der Waals surface area contributed by atoms with Gasteiger partial charge >= 0.3 is 0 Å². The van der Waals surface area contributed by atoms with Gasteiger partial charge < -0.3 is 10.1 Å². The van der Waals surface area contributed by atoms with Gasteiger partial charge in [0, 0.05) is 25.6 Å². The van der Waals surface area contributed by atoms with E-state index in [4.69, 9.17) is 4.74 Å². The number of hydrogen-bond acceptors (Lipinski definition) is 3. The highest BCUT2D eigenvalue weighted by molar-refractivity contribution is 5.40. The van der Waals surface area contributed by atoms with Crippen molar-refractivity contribution < 1.29 is 4.74 Å². The minimum atomic E-state index is 0.781. The molecular weight excluding hydrogens is 248 g/mol. The van der Waals surface area contributed by atoms with Crippen molar-refractivity contribution in [3.8, 4) is 5.75 Å². The van der Waals surface area contributed by atoms with Crippen LogP contribution in [0.4, 0.5) is 0 Å². The first-order valence-corrected chi connectivity index (χ1v) is 8.09. The van der Waals surface area contributed by atoms with Crippen molar-refractivity contribution in [2.24, 2.45) is 5.92 Å². The third-order valence-electron chi connectivity index (χ3n) is 5.14. The second-order valence-corrected chi connectivity index (χ2v) is 6.53. The molecule has 1 aromatic carbocycles. The Labute approximate surface area is 121 Å². The van der Waals surface area contributed by atoms with Gasteiger partial charge in [-0.15, -0.1) is 0 Å². The molecule has 3 heterocycles. The Hall–Kier alpha value is -1.06. The Kier molecular flexibility index (Phi) is 3.41. The summed E-state index contributed by atoms with van der Waals surface area (Å²) in [6.07, 6.45) is 5.14. The van der Waals surface area contributed by atoms with Crippen molar-refractivity contribution >= 4 is 0 Å². The molecule has 0 spiro atoms. The maximum Gasteiger partial charge on any atom is 0.122 e. The number of fused-ring (bicyclic) bond motifs is 2. The van der Waals surface area contributed by atoms with Crippen LogP contribution in [0.2, 0.25) is 0 Å². The first kappa shape index (κ1) is 12.7. The van der Waals surface area contributed by atoms with E-state index in [-0.39, 0.29) is 0 Å². The highest BCUT2D eigenvalue weighted by atomic mass is 16.5. The van der Waals surface area contributed by atoms with Crippen molar-refractivity contribution in [3.63, 3.8) is 0 Å². The number of rotatable bonds is 2. The summed E-state index contributed by atoms with van der Waals surface area (Å²) in [5, 5.41) is 3.69. The van der Waals surface area contributed by atoms with E-state index in [1.54, 1.807) is 0 Å². The monoisotopic (exact) mass is 272 g/mol. The molecule has 3 aliphatic rings. The van der Waals surface area contributed by atoms with Gasteiger partial charge in [0.15, 0.2) is 0 Å². The number of nitrogens with zero attached hydrogens (tertiary/aromatic N) is 1. The molecule has 2 saturated heterocycles. The van der Waals surface area contributed by atoms with E-state index >= 15 is 0 Å². The SMILES string of the molecule is c1cc2c(cc1CN1CC[C@@H]3NCCC[C@@H]3C1)OCC2. The maximum atomic E-state index is 5.69. The van der Waals surface area contributed by atoms with Crippen LogP contribution in [0.1, 0.15) is 30.4 Å². The van der Waals surface area contributed by atoms with Gasteiger partial charge in [-0.3, -0.25) is 4.90 Å². The van der Waals surface area contributed by atoms with Gasteiger partial charge in [-0.1, -0.05) is 12.1 Å². The largest absolute Gasteiger partial charge is 0.493 e. The number of likely N-dealkylation sites (tertiary alicyclic amines) is 1. The molecule has 3 heteroatoms. The van der Waals surface area contributed by atoms with E-state index < -0.39 is 0 Å². The molecule has 20 heavy (non-hydrogen) atoms. The molecule has 0 aromatic heterocycles. The second kappa shape index (κ2) is 5.38. The topological polar surface area (TPSA) is 24.5 Å². The van der Waals surface area contributed by atoms with Crippen LogP contribution in [-0.4, -0.2) is 37.2 Å². The summed E-state index contributed by atoms with van der Waals surface area (Å²) in [6.45, 7) is 5.66. The molecule has 0 unspecified atom stereocenters. The molecule has 0 aliphatic carbocycles. The van der Waals surface area contributed by atoms with Crippen LogP contribution in [-0.2, 0) is 13.0 Å². The van der Waals surface area contributed by atoms with E-state index in [0.717, 1.165) is 37.3 Å². The highest BCUT2D eigenvalue weighted by Crippen LogP contribution is 2.29. The zero-order valence-corrected chi connectivity index (χ0v) is 12.1. The quantitative estimate of drug-likeness (QED) is 0.893. The zero-order valence-electron chi connectivity index (χ0n) is 12.1. The lowest BCUT2D eigenvalue weighted by atomic mass is 9.85. The second-order valence-electron chi connectivity index (χ2n) is 6.53. The predicted molar refractivity (Wildman–Crippen MR) is 80.0 cm³/mol. The molecule has 2 fully saturated rings. The van der Waals surface area contributed by atoms with Gasteiger partial charge in [-0.2, -0.15) is 0 Å². The van der Waals surface area contributed by atoms with Gasteiger partial charge in [0.2, 0.25) is 0 Å². The normalized spacial score (nSPS) is 29.6. The minimum absolute atomic E-state index is 0.781. The molecule has 1 N–H and O–H groups in total. The molecule has 2 atom stereocenters. The van der Waals surface area contributed by atoms with E-state index in [9.17, 15) is 0 Å². The fourth-order valence-corrected chi connectivity index (χ4v) is 4.03. The lowest BCUT2D eigenvalue weighted by molar-refractivity contribution is 0.109. The van der Waals surface area contributed by atoms with Crippen molar-refractivity contribution in [1.29, 1.82) is 0 Å². The summed E-state index contributed by atoms with van der Waals surface area (Å²) in [5.74, 6) is 1.99. The summed E-state index contributed by atoms with van der Waals surface area (Å²) in [6, 6.07) is 7.59. The number of nitrogens with one attached hydrogen (secondary N) is 1. The van der Waals surface area contributed by atoms with Crippen LogP contribution in [0.3, 0.4) is 0 Å². The van der Waals surface area contributed by atoms with Crippen LogP contribution in [0.5, 0.6) is 5.75 Å². The molecule has 0 amide bonds. The standard InChI is InChI=1S/C17H24N2O/c1-2-15-12-19(8-5-16(15)18-7-1)11-13-3-4-14-6-9-20-17(14)10-13/h3-4,10,15-16,18H,1-2,5-9,11-12H2/t15-,16+/m1/s1. The average Bonchev–Trinajstić information content (AvgIpc) is 2.95. The van der Waals surface area contributed by atoms with E-state index in [1.807, 2.05) is 0 Å². The maximum absolute atomic E-state index is 5.69. The Bertz CT molecular complexity index is 488. The first-order chi connectivity index (χ1) is 9.88. The van der Waals surface area contributed by atoms with Gasteiger partial charge in [0.05, 0.1) is 6.61 Å². The van der Waals surface area contributed by atoms with Crippen LogP contribution in [0, 0.1) is 5.92 Å². The van der Waals surface area contributed by atoms with E-state index in [2.05, 4.69) is 28.4 Å². The average molecular weight is 272 g/mol. The van der Waals surface area contributed by atoms with E-state index in [0.29, 0.717) is 0 Å². The van der Waals surface area contributed by atoms with Gasteiger partial charge in [0.25, 0.3) is 0 Å². The number of ether oxygens (including phenoxy) is 1. The van der Waals surface area contributed by atoms with E-state index in [1.165, 1.54) is 50.0 Å². The Morgan fingerprint density at radius 3 is 3.30 bits per heavy atom. The molecule has 3 nitrogen and oxygen atoms in total. The summed E-state index contributed by atoms with van der Waals surface area (Å²) in [4.78, 5) is 2.63. The summed E-state index contributed by atoms with van der Waals surface area (Å²) in [5.41, 5.74) is 2.79. The van der Waals surface area contributed by atoms with Crippen LogP contribution in [0.15, 0.2) is 18.2 Å². The van der Waals surface area contributed by atoms with Crippen molar-refractivity contribution in [1.82, 2.24) is 10.2 Å². The Balaban J connectivity index is 1.41.